The van der Waals surface area contributed by atoms with Gasteiger partial charge in [0.15, 0.2) is 0 Å². The predicted molar refractivity (Wildman–Crippen MR) is 80.4 cm³/mol. The molecule has 0 saturated carbocycles. The zero-order valence-electron chi connectivity index (χ0n) is 10.8. The molecule has 1 saturated heterocycles. The number of hydrogen-bond acceptors (Lipinski definition) is 6. The van der Waals surface area contributed by atoms with Crippen LogP contribution in [-0.4, -0.2) is 36.7 Å². The van der Waals surface area contributed by atoms with Gasteiger partial charge in [0.05, 0.1) is 17.7 Å². The lowest BCUT2D eigenvalue weighted by molar-refractivity contribution is 0.100. The van der Waals surface area contributed by atoms with Crippen molar-refractivity contribution in [1.29, 1.82) is 0 Å². The van der Waals surface area contributed by atoms with Crippen LogP contribution in [0.5, 0.6) is 0 Å². The molecule has 0 aliphatic carbocycles. The van der Waals surface area contributed by atoms with E-state index in [0.29, 0.717) is 17.6 Å². The predicted octanol–water partition coefficient (Wildman–Crippen LogP) is 0.946. The molecule has 2 aliphatic heterocycles. The maximum Gasteiger partial charge on any atom is 0.261 e. The Labute approximate surface area is 120 Å². The molecule has 1 fully saturated rings. The number of aromatic nitrogens is 1. The fourth-order valence-electron chi connectivity index (χ4n) is 3.06. The SMILES string of the molecule is NC(=O)c1sc2nccc3c2c1N(C1CCNC1)CN3. The first kappa shape index (κ1) is 11.9. The lowest BCUT2D eigenvalue weighted by Crippen LogP contribution is -2.42. The highest BCUT2D eigenvalue weighted by atomic mass is 32.1. The number of primary amides is 1. The molecule has 1 atom stereocenters. The number of amides is 1. The highest BCUT2D eigenvalue weighted by Crippen LogP contribution is 2.44. The van der Waals surface area contributed by atoms with Gasteiger partial charge in [-0.2, -0.15) is 0 Å². The van der Waals surface area contributed by atoms with Gasteiger partial charge in [-0.25, -0.2) is 4.98 Å². The summed E-state index contributed by atoms with van der Waals surface area (Å²) in [6, 6.07) is 2.35. The second kappa shape index (κ2) is 4.32. The molecule has 1 amide bonds. The molecule has 2 aliphatic rings. The third-order valence-corrected chi connectivity index (χ3v) is 5.09. The van der Waals surface area contributed by atoms with E-state index in [2.05, 4.69) is 20.5 Å². The molecule has 0 radical (unpaired) electrons. The van der Waals surface area contributed by atoms with E-state index < -0.39 is 0 Å². The monoisotopic (exact) mass is 289 g/mol. The van der Waals surface area contributed by atoms with Crippen LogP contribution in [0.3, 0.4) is 0 Å². The van der Waals surface area contributed by atoms with E-state index in [1.807, 2.05) is 6.07 Å². The summed E-state index contributed by atoms with van der Waals surface area (Å²) in [7, 11) is 0. The van der Waals surface area contributed by atoms with E-state index in [-0.39, 0.29) is 5.91 Å². The molecule has 4 heterocycles. The van der Waals surface area contributed by atoms with E-state index in [9.17, 15) is 4.79 Å². The van der Waals surface area contributed by atoms with Gasteiger partial charge in [-0.15, -0.1) is 11.3 Å². The minimum Gasteiger partial charge on any atom is -0.367 e. The Morgan fingerprint density at radius 3 is 3.20 bits per heavy atom. The van der Waals surface area contributed by atoms with Crippen molar-refractivity contribution in [2.24, 2.45) is 5.73 Å². The average molecular weight is 289 g/mol. The summed E-state index contributed by atoms with van der Waals surface area (Å²) in [4.78, 5) is 19.9. The molecule has 0 spiro atoms. The maximum atomic E-state index is 11.8. The number of rotatable bonds is 2. The standard InChI is InChI=1S/C13H15N5OS/c14-12(19)11-10-9-8(2-4-16-13(9)20-11)17-6-18(10)7-1-3-15-5-7/h2,4,7,15,17H,1,3,5-6H2,(H2,14,19). The number of hydrogen-bond donors (Lipinski definition) is 3. The van der Waals surface area contributed by atoms with Crippen LogP contribution >= 0.6 is 11.3 Å². The number of nitrogens with two attached hydrogens (primary N) is 1. The normalized spacial score (nSPS) is 21.2. The Balaban J connectivity index is 1.95. The summed E-state index contributed by atoms with van der Waals surface area (Å²) in [6.07, 6.45) is 2.84. The van der Waals surface area contributed by atoms with Gasteiger partial charge in [0.25, 0.3) is 5.91 Å². The van der Waals surface area contributed by atoms with E-state index in [4.69, 9.17) is 5.73 Å². The molecular formula is C13H15N5OS. The molecular weight excluding hydrogens is 274 g/mol. The number of thiophene rings is 1. The molecule has 6 nitrogen and oxygen atoms in total. The first-order chi connectivity index (χ1) is 9.75. The van der Waals surface area contributed by atoms with Crippen LogP contribution in [-0.2, 0) is 0 Å². The second-order valence-corrected chi connectivity index (χ2v) is 6.13. The lowest BCUT2D eigenvalue weighted by Gasteiger charge is -2.35. The maximum absolute atomic E-state index is 11.8. The molecule has 4 rings (SSSR count). The van der Waals surface area contributed by atoms with Crippen LogP contribution in [0.25, 0.3) is 10.2 Å². The molecule has 20 heavy (non-hydrogen) atoms. The van der Waals surface area contributed by atoms with E-state index in [1.54, 1.807) is 6.20 Å². The minimum absolute atomic E-state index is 0.369. The number of anilines is 2. The highest BCUT2D eigenvalue weighted by molar-refractivity contribution is 7.21. The Morgan fingerprint density at radius 2 is 2.45 bits per heavy atom. The van der Waals surface area contributed by atoms with Crippen LogP contribution in [0.2, 0.25) is 0 Å². The van der Waals surface area contributed by atoms with Gasteiger partial charge >= 0.3 is 0 Å². The van der Waals surface area contributed by atoms with Gasteiger partial charge in [-0.05, 0) is 19.0 Å². The number of carbonyl (C=O) groups excluding carboxylic acids is 1. The van der Waals surface area contributed by atoms with E-state index >= 15 is 0 Å². The fraction of sp³-hybridized carbons (Fsp3) is 0.385. The first-order valence-corrected chi connectivity index (χ1v) is 7.50. The first-order valence-electron chi connectivity index (χ1n) is 6.68. The molecule has 2 aromatic heterocycles. The molecule has 4 N–H and O–H groups in total. The Morgan fingerprint density at radius 1 is 1.55 bits per heavy atom. The lowest BCUT2D eigenvalue weighted by atomic mass is 10.1. The van der Waals surface area contributed by atoms with Crippen molar-refractivity contribution in [3.05, 3.63) is 17.1 Å². The topological polar surface area (TPSA) is 83.3 Å². The van der Waals surface area contributed by atoms with Crippen LogP contribution in [0.1, 0.15) is 16.1 Å². The highest BCUT2D eigenvalue weighted by Gasteiger charge is 2.32. The number of nitrogens with zero attached hydrogens (tertiary/aromatic N) is 2. The molecule has 0 bridgehead atoms. The molecule has 2 aromatic rings. The van der Waals surface area contributed by atoms with Crippen LogP contribution in [0, 0.1) is 0 Å². The van der Waals surface area contributed by atoms with Gasteiger partial charge in [-0.3, -0.25) is 4.79 Å². The summed E-state index contributed by atoms with van der Waals surface area (Å²) in [5.41, 5.74) is 7.57. The largest absolute Gasteiger partial charge is 0.367 e. The third-order valence-electron chi connectivity index (χ3n) is 3.99. The Bertz CT molecular complexity index is 691. The Kier molecular flexibility index (Phi) is 2.58. The van der Waals surface area contributed by atoms with Crippen molar-refractivity contribution in [3.63, 3.8) is 0 Å². The van der Waals surface area contributed by atoms with Crippen molar-refractivity contribution < 1.29 is 4.79 Å². The van der Waals surface area contributed by atoms with Crippen molar-refractivity contribution in [2.45, 2.75) is 12.5 Å². The van der Waals surface area contributed by atoms with Crippen LogP contribution in [0.15, 0.2) is 12.3 Å². The van der Waals surface area contributed by atoms with Gasteiger partial charge in [0.2, 0.25) is 0 Å². The number of carbonyl (C=O) groups is 1. The summed E-state index contributed by atoms with van der Waals surface area (Å²) < 4.78 is 0. The molecule has 0 aromatic carbocycles. The van der Waals surface area contributed by atoms with Crippen molar-refractivity contribution in [1.82, 2.24) is 10.3 Å². The van der Waals surface area contributed by atoms with E-state index in [1.165, 1.54) is 11.3 Å². The zero-order chi connectivity index (χ0) is 13.7. The Hall–Kier alpha value is -1.86. The summed E-state index contributed by atoms with van der Waals surface area (Å²) in [5, 5.41) is 7.82. The quantitative estimate of drug-likeness (QED) is 0.766. The van der Waals surface area contributed by atoms with Gasteiger partial charge in [-0.1, -0.05) is 0 Å². The van der Waals surface area contributed by atoms with E-state index in [0.717, 1.165) is 41.1 Å². The smallest absolute Gasteiger partial charge is 0.261 e. The number of nitrogens with one attached hydrogen (secondary N) is 2. The fourth-order valence-corrected chi connectivity index (χ4v) is 4.09. The summed E-state index contributed by atoms with van der Waals surface area (Å²) in [6.45, 7) is 2.66. The minimum atomic E-state index is -0.369. The van der Waals surface area contributed by atoms with Crippen molar-refractivity contribution in [2.75, 3.05) is 30.0 Å². The average Bonchev–Trinajstić information content (AvgIpc) is 3.08. The summed E-state index contributed by atoms with van der Waals surface area (Å²) >= 11 is 1.39. The van der Waals surface area contributed by atoms with Crippen molar-refractivity contribution in [3.8, 4) is 0 Å². The molecule has 7 heteroatoms. The van der Waals surface area contributed by atoms with Gasteiger partial charge in [0, 0.05) is 24.5 Å². The van der Waals surface area contributed by atoms with Crippen LogP contribution < -0.4 is 21.3 Å². The summed E-state index contributed by atoms with van der Waals surface area (Å²) in [5.74, 6) is -0.369. The van der Waals surface area contributed by atoms with Gasteiger partial charge < -0.3 is 21.3 Å². The number of pyridine rings is 1. The second-order valence-electron chi connectivity index (χ2n) is 5.13. The molecule has 104 valence electrons. The van der Waals surface area contributed by atoms with Gasteiger partial charge in [0.1, 0.15) is 9.71 Å². The van der Waals surface area contributed by atoms with Crippen LogP contribution in [0.4, 0.5) is 11.4 Å². The molecule has 1 unspecified atom stereocenters. The third kappa shape index (κ3) is 1.60. The zero-order valence-corrected chi connectivity index (χ0v) is 11.7. The van der Waals surface area contributed by atoms with Crippen molar-refractivity contribution >= 4 is 38.8 Å².